The minimum absolute atomic E-state index is 0.330. The van der Waals surface area contributed by atoms with Crippen LogP contribution in [0, 0.1) is 11.3 Å². The summed E-state index contributed by atoms with van der Waals surface area (Å²) in [6, 6.07) is 11.3. The van der Waals surface area contributed by atoms with E-state index < -0.39 is 0 Å². The summed E-state index contributed by atoms with van der Waals surface area (Å²) in [6.45, 7) is 0. The average Bonchev–Trinajstić information content (AvgIpc) is 2.84. The van der Waals surface area contributed by atoms with Gasteiger partial charge >= 0.3 is 0 Å². The molecule has 2 aromatic rings. The predicted octanol–water partition coefficient (Wildman–Crippen LogP) is 4.84. The van der Waals surface area contributed by atoms with E-state index in [0.29, 0.717) is 5.02 Å². The quantitative estimate of drug-likeness (QED) is 0.875. The topological polar surface area (TPSA) is 35.8 Å². The first-order chi connectivity index (χ1) is 8.20. The SMILES string of the molecule is N#CC(Nc1ccc(Cl)c(Br)c1)c1cccs1. The predicted molar refractivity (Wildman–Crippen MR) is 75.4 cm³/mol. The van der Waals surface area contributed by atoms with Gasteiger partial charge in [-0.25, -0.2) is 0 Å². The van der Waals surface area contributed by atoms with Gasteiger partial charge in [-0.15, -0.1) is 11.3 Å². The summed E-state index contributed by atoms with van der Waals surface area (Å²) in [6.07, 6.45) is 0. The molecule has 17 heavy (non-hydrogen) atoms. The van der Waals surface area contributed by atoms with Gasteiger partial charge in [-0.05, 0) is 45.6 Å². The first kappa shape index (κ1) is 12.4. The molecule has 1 atom stereocenters. The zero-order valence-corrected chi connectivity index (χ0v) is 11.8. The molecule has 0 saturated carbocycles. The van der Waals surface area contributed by atoms with Crippen molar-refractivity contribution in [2.24, 2.45) is 0 Å². The molecule has 0 amide bonds. The number of nitrogens with zero attached hydrogens (tertiary/aromatic N) is 1. The Morgan fingerprint density at radius 3 is 2.82 bits per heavy atom. The van der Waals surface area contributed by atoms with Gasteiger partial charge in [0.1, 0.15) is 6.04 Å². The highest BCUT2D eigenvalue weighted by atomic mass is 79.9. The fourth-order valence-corrected chi connectivity index (χ4v) is 2.59. The van der Waals surface area contributed by atoms with Gasteiger partial charge in [-0.2, -0.15) is 5.26 Å². The summed E-state index contributed by atoms with van der Waals surface area (Å²) >= 11 is 10.8. The molecule has 0 aliphatic carbocycles. The van der Waals surface area contributed by atoms with E-state index in [2.05, 4.69) is 27.3 Å². The van der Waals surface area contributed by atoms with Crippen molar-refractivity contribution in [1.82, 2.24) is 0 Å². The normalized spacial score (nSPS) is 11.8. The molecule has 1 heterocycles. The number of halogens is 2. The Morgan fingerprint density at radius 2 is 2.24 bits per heavy atom. The third kappa shape index (κ3) is 3.01. The lowest BCUT2D eigenvalue weighted by molar-refractivity contribution is 1.03. The molecule has 2 nitrogen and oxygen atoms in total. The lowest BCUT2D eigenvalue weighted by Crippen LogP contribution is -2.06. The summed E-state index contributed by atoms with van der Waals surface area (Å²) in [5.41, 5.74) is 0.862. The Labute approximate surface area is 117 Å². The van der Waals surface area contributed by atoms with Crippen LogP contribution in [-0.2, 0) is 0 Å². The maximum Gasteiger partial charge on any atom is 0.149 e. The van der Waals surface area contributed by atoms with Gasteiger partial charge in [0.15, 0.2) is 0 Å². The summed E-state index contributed by atoms with van der Waals surface area (Å²) in [4.78, 5) is 0.999. The fraction of sp³-hybridized carbons (Fsp3) is 0.0833. The van der Waals surface area contributed by atoms with Crippen LogP contribution < -0.4 is 5.32 Å². The molecule has 0 spiro atoms. The molecule has 0 radical (unpaired) electrons. The van der Waals surface area contributed by atoms with Crippen LogP contribution in [0.15, 0.2) is 40.2 Å². The first-order valence-corrected chi connectivity index (χ1v) is 6.90. The zero-order valence-electron chi connectivity index (χ0n) is 8.65. The van der Waals surface area contributed by atoms with E-state index in [0.717, 1.165) is 15.0 Å². The molecule has 1 unspecified atom stereocenters. The fourth-order valence-electron chi connectivity index (χ4n) is 1.38. The van der Waals surface area contributed by atoms with Crippen molar-refractivity contribution < 1.29 is 0 Å². The van der Waals surface area contributed by atoms with E-state index in [9.17, 15) is 0 Å². The molecule has 2 rings (SSSR count). The van der Waals surface area contributed by atoms with Crippen LogP contribution in [0.4, 0.5) is 5.69 Å². The van der Waals surface area contributed by atoms with Gasteiger partial charge in [0, 0.05) is 15.0 Å². The second-order valence-corrected chi connectivity index (χ2v) is 5.59. The number of rotatable bonds is 3. The second kappa shape index (κ2) is 5.54. The van der Waals surface area contributed by atoms with Crippen LogP contribution >= 0.6 is 38.9 Å². The van der Waals surface area contributed by atoms with Gasteiger partial charge in [-0.1, -0.05) is 17.7 Å². The number of nitrogens with one attached hydrogen (secondary N) is 1. The second-order valence-electron chi connectivity index (χ2n) is 3.35. The van der Waals surface area contributed by atoms with Crippen molar-refractivity contribution >= 4 is 44.6 Å². The maximum absolute atomic E-state index is 9.14. The van der Waals surface area contributed by atoms with E-state index in [4.69, 9.17) is 16.9 Å². The van der Waals surface area contributed by atoms with Gasteiger partial charge in [0.25, 0.3) is 0 Å². The van der Waals surface area contributed by atoms with Gasteiger partial charge in [0.05, 0.1) is 11.1 Å². The summed E-state index contributed by atoms with van der Waals surface area (Å²) in [7, 11) is 0. The molecular weight excluding hydrogens is 320 g/mol. The molecule has 1 N–H and O–H groups in total. The minimum atomic E-state index is -0.330. The lowest BCUT2D eigenvalue weighted by atomic mass is 10.2. The van der Waals surface area contributed by atoms with Crippen molar-refractivity contribution in [2.45, 2.75) is 6.04 Å². The standard InChI is InChI=1S/C12H8BrClN2S/c13-9-6-8(3-4-10(9)14)16-11(7-15)12-2-1-5-17-12/h1-6,11,16H. The molecular formula is C12H8BrClN2S. The van der Waals surface area contributed by atoms with Crippen LogP contribution in [0.2, 0.25) is 5.02 Å². The van der Waals surface area contributed by atoms with E-state index in [1.165, 1.54) is 0 Å². The largest absolute Gasteiger partial charge is 0.366 e. The van der Waals surface area contributed by atoms with E-state index in [1.54, 1.807) is 17.4 Å². The molecule has 1 aromatic heterocycles. The first-order valence-electron chi connectivity index (χ1n) is 4.85. The highest BCUT2D eigenvalue weighted by Gasteiger charge is 2.11. The number of benzene rings is 1. The van der Waals surface area contributed by atoms with E-state index >= 15 is 0 Å². The molecule has 86 valence electrons. The van der Waals surface area contributed by atoms with Crippen LogP contribution in [0.1, 0.15) is 10.9 Å². The Bertz CT molecular complexity index is 548. The van der Waals surface area contributed by atoms with Gasteiger partial charge in [-0.3, -0.25) is 0 Å². The summed E-state index contributed by atoms with van der Waals surface area (Å²) in [5, 5.41) is 14.9. The minimum Gasteiger partial charge on any atom is -0.366 e. The molecule has 1 aromatic carbocycles. The third-order valence-electron chi connectivity index (χ3n) is 2.19. The number of hydrogen-bond donors (Lipinski definition) is 1. The molecule has 0 aliphatic rings. The number of anilines is 1. The highest BCUT2D eigenvalue weighted by Crippen LogP contribution is 2.28. The lowest BCUT2D eigenvalue weighted by Gasteiger charge is -2.11. The summed E-state index contributed by atoms with van der Waals surface area (Å²) < 4.78 is 0.812. The van der Waals surface area contributed by atoms with E-state index in [-0.39, 0.29) is 6.04 Å². The van der Waals surface area contributed by atoms with Crippen LogP contribution in [-0.4, -0.2) is 0 Å². The average molecular weight is 328 g/mol. The molecule has 5 heteroatoms. The smallest absolute Gasteiger partial charge is 0.149 e. The van der Waals surface area contributed by atoms with Crippen molar-refractivity contribution in [1.29, 1.82) is 5.26 Å². The Morgan fingerprint density at radius 1 is 1.41 bits per heavy atom. The van der Waals surface area contributed by atoms with Crippen LogP contribution in [0.3, 0.4) is 0 Å². The number of nitriles is 1. The summed E-state index contributed by atoms with van der Waals surface area (Å²) in [5.74, 6) is 0. The number of thiophene rings is 1. The monoisotopic (exact) mass is 326 g/mol. The van der Waals surface area contributed by atoms with Crippen molar-refractivity contribution in [2.75, 3.05) is 5.32 Å². The highest BCUT2D eigenvalue weighted by molar-refractivity contribution is 9.10. The van der Waals surface area contributed by atoms with Crippen molar-refractivity contribution in [3.05, 3.63) is 50.1 Å². The molecule has 0 fully saturated rings. The Kier molecular flexibility index (Phi) is 4.06. The van der Waals surface area contributed by atoms with Gasteiger partial charge < -0.3 is 5.32 Å². The molecule has 0 aliphatic heterocycles. The Balaban J connectivity index is 2.20. The van der Waals surface area contributed by atoms with Crippen molar-refractivity contribution in [3.63, 3.8) is 0 Å². The van der Waals surface area contributed by atoms with E-state index in [1.807, 2.05) is 29.6 Å². The maximum atomic E-state index is 9.14. The molecule has 0 saturated heterocycles. The van der Waals surface area contributed by atoms with Gasteiger partial charge in [0.2, 0.25) is 0 Å². The van der Waals surface area contributed by atoms with Crippen molar-refractivity contribution in [3.8, 4) is 6.07 Å². The Hall–Kier alpha value is -1.02. The molecule has 0 bridgehead atoms. The van der Waals surface area contributed by atoms with Crippen LogP contribution in [0.25, 0.3) is 0 Å². The third-order valence-corrected chi connectivity index (χ3v) is 4.34. The number of hydrogen-bond acceptors (Lipinski definition) is 3. The zero-order chi connectivity index (χ0) is 12.3. The van der Waals surface area contributed by atoms with Crippen LogP contribution in [0.5, 0.6) is 0 Å².